The van der Waals surface area contributed by atoms with Crippen LogP contribution in [0, 0.1) is 17.2 Å². The lowest BCUT2D eigenvalue weighted by Crippen LogP contribution is -2.24. The van der Waals surface area contributed by atoms with E-state index in [9.17, 15) is 23.2 Å². The number of primary amides is 1. The van der Waals surface area contributed by atoms with Crippen LogP contribution in [-0.4, -0.2) is 33.8 Å². The third kappa shape index (κ3) is 3.70. The van der Waals surface area contributed by atoms with E-state index in [4.69, 9.17) is 5.73 Å². The third-order valence-corrected chi connectivity index (χ3v) is 5.36. The van der Waals surface area contributed by atoms with Gasteiger partial charge in [0.15, 0.2) is 5.82 Å². The standard InChI is InChI=1S/C21H17F3N6O/c1-12(19(26)31)13-8-9-29(11-13)20-18-17(7-4-15(10-25)27-18)30(28-20)16-5-2-14(3-6-16)21(22,23)24/h2-7,13H,1,8-9,11H2,(H2,26,31). The highest BCUT2D eigenvalue weighted by atomic mass is 19.4. The zero-order chi connectivity index (χ0) is 22.3. The van der Waals surface area contributed by atoms with Crippen LogP contribution in [0.15, 0.2) is 48.6 Å². The first-order valence-corrected chi connectivity index (χ1v) is 9.40. The molecule has 31 heavy (non-hydrogen) atoms. The number of rotatable bonds is 4. The SMILES string of the molecule is C=C(C(N)=O)C1CCN(c2nn(-c3ccc(C(F)(F)F)cc3)c3ccc(C#N)nc23)C1. The van der Waals surface area contributed by atoms with Gasteiger partial charge in [-0.3, -0.25) is 4.79 Å². The predicted octanol–water partition coefficient (Wildman–Crippen LogP) is 3.18. The van der Waals surface area contributed by atoms with E-state index in [1.54, 1.807) is 6.07 Å². The van der Waals surface area contributed by atoms with E-state index in [1.165, 1.54) is 22.9 Å². The molecule has 2 N–H and O–H groups in total. The number of nitrogens with zero attached hydrogens (tertiary/aromatic N) is 5. The van der Waals surface area contributed by atoms with Crippen LogP contribution in [0.2, 0.25) is 0 Å². The molecule has 10 heteroatoms. The molecule has 1 amide bonds. The van der Waals surface area contributed by atoms with Gasteiger partial charge in [-0.25, -0.2) is 9.67 Å². The Kier molecular flexibility index (Phi) is 4.89. The normalized spacial score (nSPS) is 16.5. The Labute approximate surface area is 175 Å². The van der Waals surface area contributed by atoms with Crippen molar-refractivity contribution in [2.24, 2.45) is 11.7 Å². The minimum absolute atomic E-state index is 0.136. The van der Waals surface area contributed by atoms with Gasteiger partial charge in [0, 0.05) is 24.6 Å². The van der Waals surface area contributed by atoms with E-state index in [-0.39, 0.29) is 11.6 Å². The number of fused-ring (bicyclic) bond motifs is 1. The highest BCUT2D eigenvalue weighted by molar-refractivity contribution is 5.92. The molecular formula is C21H17F3N6O. The van der Waals surface area contributed by atoms with Gasteiger partial charge in [0.25, 0.3) is 0 Å². The maximum absolute atomic E-state index is 12.9. The van der Waals surface area contributed by atoms with Gasteiger partial charge in [-0.15, -0.1) is 5.10 Å². The fourth-order valence-electron chi connectivity index (χ4n) is 3.69. The Bertz CT molecular complexity index is 1220. The molecule has 2 aromatic heterocycles. The van der Waals surface area contributed by atoms with Gasteiger partial charge >= 0.3 is 6.18 Å². The monoisotopic (exact) mass is 426 g/mol. The molecule has 0 aliphatic carbocycles. The summed E-state index contributed by atoms with van der Waals surface area (Å²) in [6, 6.07) is 9.81. The summed E-state index contributed by atoms with van der Waals surface area (Å²) < 4.78 is 40.2. The number of nitriles is 1. The summed E-state index contributed by atoms with van der Waals surface area (Å²) in [5.41, 5.74) is 6.53. The fraction of sp³-hybridized carbons (Fsp3) is 0.238. The summed E-state index contributed by atoms with van der Waals surface area (Å²) in [6.07, 6.45) is -3.79. The number of carbonyl (C=O) groups is 1. The first-order valence-electron chi connectivity index (χ1n) is 9.40. The molecule has 3 heterocycles. The van der Waals surface area contributed by atoms with Crippen molar-refractivity contribution >= 4 is 22.8 Å². The Morgan fingerprint density at radius 3 is 2.55 bits per heavy atom. The lowest BCUT2D eigenvalue weighted by Gasteiger charge is -2.16. The average Bonchev–Trinajstić information content (AvgIpc) is 3.37. The highest BCUT2D eigenvalue weighted by Gasteiger charge is 2.32. The molecule has 1 fully saturated rings. The van der Waals surface area contributed by atoms with Gasteiger partial charge in [0.1, 0.15) is 17.3 Å². The number of carbonyl (C=O) groups excluding carboxylic acids is 1. The molecular weight excluding hydrogens is 409 g/mol. The van der Waals surface area contributed by atoms with Crippen molar-refractivity contribution in [1.29, 1.82) is 5.26 Å². The molecule has 3 aromatic rings. The molecule has 4 rings (SSSR count). The van der Waals surface area contributed by atoms with Crippen LogP contribution in [0.3, 0.4) is 0 Å². The number of halogens is 3. The van der Waals surface area contributed by atoms with E-state index in [2.05, 4.69) is 16.7 Å². The number of pyridine rings is 1. The number of hydrogen-bond donors (Lipinski definition) is 1. The Balaban J connectivity index is 1.78. The Morgan fingerprint density at radius 2 is 1.94 bits per heavy atom. The Morgan fingerprint density at radius 1 is 1.23 bits per heavy atom. The molecule has 1 aromatic carbocycles. The van der Waals surface area contributed by atoms with Crippen molar-refractivity contribution in [1.82, 2.24) is 14.8 Å². The fourth-order valence-corrected chi connectivity index (χ4v) is 3.69. The van der Waals surface area contributed by atoms with Gasteiger partial charge in [-0.1, -0.05) is 6.58 Å². The second kappa shape index (κ2) is 7.43. The van der Waals surface area contributed by atoms with Crippen LogP contribution in [0.4, 0.5) is 19.0 Å². The van der Waals surface area contributed by atoms with E-state index in [1.807, 2.05) is 11.0 Å². The average molecular weight is 426 g/mol. The van der Waals surface area contributed by atoms with Gasteiger partial charge in [0.05, 0.1) is 16.8 Å². The number of nitrogens with two attached hydrogens (primary N) is 1. The molecule has 7 nitrogen and oxygen atoms in total. The molecule has 0 bridgehead atoms. The third-order valence-electron chi connectivity index (χ3n) is 5.36. The first-order chi connectivity index (χ1) is 14.7. The van der Waals surface area contributed by atoms with Crippen molar-refractivity contribution in [3.8, 4) is 11.8 Å². The number of alkyl halides is 3. The zero-order valence-corrected chi connectivity index (χ0v) is 16.2. The van der Waals surface area contributed by atoms with Crippen molar-refractivity contribution in [3.63, 3.8) is 0 Å². The number of hydrogen-bond acceptors (Lipinski definition) is 5. The van der Waals surface area contributed by atoms with Gasteiger partial charge < -0.3 is 10.6 Å². The first kappa shape index (κ1) is 20.4. The molecule has 158 valence electrons. The molecule has 0 spiro atoms. The van der Waals surface area contributed by atoms with Crippen molar-refractivity contribution in [2.75, 3.05) is 18.0 Å². The summed E-state index contributed by atoms with van der Waals surface area (Å²) in [6.45, 7) is 4.77. The number of benzene rings is 1. The molecule has 1 saturated heterocycles. The van der Waals surface area contributed by atoms with Crippen LogP contribution in [0.5, 0.6) is 0 Å². The van der Waals surface area contributed by atoms with E-state index in [0.717, 1.165) is 12.1 Å². The summed E-state index contributed by atoms with van der Waals surface area (Å²) in [4.78, 5) is 17.7. The van der Waals surface area contributed by atoms with Crippen molar-refractivity contribution in [2.45, 2.75) is 12.6 Å². The molecule has 0 saturated carbocycles. The summed E-state index contributed by atoms with van der Waals surface area (Å²) in [7, 11) is 0. The molecule has 1 aliphatic heterocycles. The van der Waals surface area contributed by atoms with E-state index in [0.29, 0.717) is 47.6 Å². The van der Waals surface area contributed by atoms with Crippen LogP contribution < -0.4 is 10.6 Å². The van der Waals surface area contributed by atoms with Crippen LogP contribution in [0.25, 0.3) is 16.7 Å². The molecule has 1 atom stereocenters. The second-order valence-corrected chi connectivity index (χ2v) is 7.28. The minimum atomic E-state index is -4.44. The summed E-state index contributed by atoms with van der Waals surface area (Å²) in [5.74, 6) is -0.216. The Hall–Kier alpha value is -3.87. The van der Waals surface area contributed by atoms with Crippen LogP contribution >= 0.6 is 0 Å². The van der Waals surface area contributed by atoms with Crippen molar-refractivity contribution in [3.05, 3.63) is 59.8 Å². The summed E-state index contributed by atoms with van der Waals surface area (Å²) in [5, 5.41) is 13.8. The van der Waals surface area contributed by atoms with Crippen LogP contribution in [0.1, 0.15) is 17.7 Å². The highest BCUT2D eigenvalue weighted by Crippen LogP contribution is 2.34. The van der Waals surface area contributed by atoms with E-state index < -0.39 is 17.6 Å². The topological polar surface area (TPSA) is 101 Å². The van der Waals surface area contributed by atoms with Crippen LogP contribution in [-0.2, 0) is 11.0 Å². The predicted molar refractivity (Wildman–Crippen MR) is 107 cm³/mol. The number of aromatic nitrogens is 3. The number of anilines is 1. The summed E-state index contributed by atoms with van der Waals surface area (Å²) >= 11 is 0. The second-order valence-electron chi connectivity index (χ2n) is 7.28. The lowest BCUT2D eigenvalue weighted by molar-refractivity contribution is -0.137. The van der Waals surface area contributed by atoms with Gasteiger partial charge in [-0.2, -0.15) is 18.4 Å². The van der Waals surface area contributed by atoms with Gasteiger partial charge in [0.2, 0.25) is 5.91 Å². The maximum atomic E-state index is 12.9. The van der Waals surface area contributed by atoms with E-state index >= 15 is 0 Å². The lowest BCUT2D eigenvalue weighted by atomic mass is 9.99. The zero-order valence-electron chi connectivity index (χ0n) is 16.2. The smallest absolute Gasteiger partial charge is 0.366 e. The van der Waals surface area contributed by atoms with Gasteiger partial charge in [-0.05, 0) is 42.8 Å². The quantitative estimate of drug-likeness (QED) is 0.646. The number of amides is 1. The molecule has 1 unspecified atom stereocenters. The molecule has 1 aliphatic rings. The minimum Gasteiger partial charge on any atom is -0.366 e. The largest absolute Gasteiger partial charge is 0.416 e. The molecule has 0 radical (unpaired) electrons. The maximum Gasteiger partial charge on any atom is 0.416 e. The van der Waals surface area contributed by atoms with Crippen molar-refractivity contribution < 1.29 is 18.0 Å².